The zero-order valence-electron chi connectivity index (χ0n) is 15.2. The molecule has 0 radical (unpaired) electrons. The summed E-state index contributed by atoms with van der Waals surface area (Å²) in [6.45, 7) is 1.56. The van der Waals surface area contributed by atoms with Crippen LogP contribution in [0.4, 0.5) is 11.4 Å². The third kappa shape index (κ3) is 11.9. The topological polar surface area (TPSA) is 180 Å². The van der Waals surface area contributed by atoms with E-state index in [1.54, 1.807) is 19.1 Å². The summed E-state index contributed by atoms with van der Waals surface area (Å²) in [5.41, 5.74) is 0.606. The number of benzene rings is 1. The van der Waals surface area contributed by atoms with Gasteiger partial charge in [0.15, 0.2) is 0 Å². The largest absolute Gasteiger partial charge is 0.396 e. The predicted octanol–water partition coefficient (Wildman–Crippen LogP) is -0.769. The van der Waals surface area contributed by atoms with Gasteiger partial charge in [0.25, 0.3) is 0 Å². The molecule has 0 aliphatic carbocycles. The lowest BCUT2D eigenvalue weighted by molar-refractivity contribution is -0.0328. The van der Waals surface area contributed by atoms with E-state index >= 15 is 0 Å². The van der Waals surface area contributed by atoms with E-state index in [0.717, 1.165) is 5.56 Å². The molecule has 0 bridgehead atoms. The number of rotatable bonds is 7. The molecular weight excluding hydrogens is 360 g/mol. The second-order valence-corrected chi connectivity index (χ2v) is 5.54. The van der Waals surface area contributed by atoms with Crippen LogP contribution in [-0.4, -0.2) is 81.9 Å². The van der Waals surface area contributed by atoms with Crippen LogP contribution in [0.2, 0.25) is 0 Å². The van der Waals surface area contributed by atoms with E-state index in [-0.39, 0.29) is 6.61 Å². The minimum absolute atomic E-state index is 0.139. The molecule has 10 heteroatoms. The summed E-state index contributed by atoms with van der Waals surface area (Å²) >= 11 is 0. The highest BCUT2D eigenvalue weighted by molar-refractivity contribution is 5.61. The minimum atomic E-state index is -1.11. The first-order chi connectivity index (χ1) is 12.8. The number of isocyanates is 2. The standard InChI is InChI=1S/C9H6N2O2.C5H12O4.C3H8O2/c1-7-2-3-8(10-5-12)4-9(7)11-6-13;6-1-5(2-7,3-8)4-9;1-3(5)2-4/h2-4H,1H3;6-9H,1-4H2;3-5H,2H2,1H3. The lowest BCUT2D eigenvalue weighted by Gasteiger charge is -2.23. The van der Waals surface area contributed by atoms with E-state index in [9.17, 15) is 9.59 Å². The van der Waals surface area contributed by atoms with Crippen molar-refractivity contribution in [2.45, 2.75) is 20.0 Å². The summed E-state index contributed by atoms with van der Waals surface area (Å²) in [4.78, 5) is 26.8. The molecule has 0 aliphatic rings. The van der Waals surface area contributed by atoms with E-state index in [1.165, 1.54) is 25.1 Å². The number of hydrogen-bond donors (Lipinski definition) is 6. The van der Waals surface area contributed by atoms with Crippen molar-refractivity contribution in [3.05, 3.63) is 23.8 Å². The maximum absolute atomic E-state index is 10.00. The lowest BCUT2D eigenvalue weighted by Crippen LogP contribution is -2.37. The molecule has 0 saturated heterocycles. The molecule has 6 N–H and O–H groups in total. The fourth-order valence-electron chi connectivity index (χ4n) is 1.19. The normalized spacial score (nSPS) is 10.8. The Kier molecular flexibility index (Phi) is 15.9. The molecule has 0 heterocycles. The van der Waals surface area contributed by atoms with Crippen molar-refractivity contribution in [3.8, 4) is 0 Å². The van der Waals surface area contributed by atoms with Crippen LogP contribution in [-0.2, 0) is 9.59 Å². The maximum Gasteiger partial charge on any atom is 0.240 e. The Bertz CT molecular complexity index is 602. The SMILES string of the molecule is CC(O)CO.Cc1ccc(N=C=O)cc1N=C=O.OCC(CO)(CO)CO. The molecule has 1 aromatic rings. The summed E-state index contributed by atoms with van der Waals surface area (Å²) in [5, 5.41) is 50.0. The number of nitrogens with zero attached hydrogens (tertiary/aromatic N) is 2. The highest BCUT2D eigenvalue weighted by Gasteiger charge is 2.26. The molecule has 10 nitrogen and oxygen atoms in total. The van der Waals surface area contributed by atoms with Crippen molar-refractivity contribution in [1.29, 1.82) is 0 Å². The van der Waals surface area contributed by atoms with Gasteiger partial charge in [-0.3, -0.25) is 0 Å². The molecule has 0 amide bonds. The van der Waals surface area contributed by atoms with Crippen LogP contribution in [0.5, 0.6) is 0 Å². The van der Waals surface area contributed by atoms with E-state index in [0.29, 0.717) is 11.4 Å². The average Bonchev–Trinajstić information content (AvgIpc) is 2.68. The van der Waals surface area contributed by atoms with Crippen LogP contribution < -0.4 is 0 Å². The molecule has 1 rings (SSSR count). The van der Waals surface area contributed by atoms with Crippen LogP contribution in [0.3, 0.4) is 0 Å². The van der Waals surface area contributed by atoms with Crippen molar-refractivity contribution < 1.29 is 40.2 Å². The molecule has 1 unspecified atom stereocenters. The first kappa shape index (κ1) is 27.0. The van der Waals surface area contributed by atoms with Crippen molar-refractivity contribution in [2.24, 2.45) is 15.4 Å². The number of hydrogen-bond acceptors (Lipinski definition) is 10. The van der Waals surface area contributed by atoms with E-state index in [4.69, 9.17) is 30.6 Å². The van der Waals surface area contributed by atoms with Crippen LogP contribution >= 0.6 is 0 Å². The third-order valence-corrected chi connectivity index (χ3v) is 3.14. The monoisotopic (exact) mass is 386 g/mol. The Hall–Kier alpha value is -2.26. The molecule has 152 valence electrons. The minimum Gasteiger partial charge on any atom is -0.396 e. The summed E-state index contributed by atoms with van der Waals surface area (Å²) in [5.74, 6) is 0. The van der Waals surface area contributed by atoms with E-state index in [2.05, 4.69) is 9.98 Å². The Morgan fingerprint density at radius 1 is 0.963 bits per heavy atom. The zero-order valence-corrected chi connectivity index (χ0v) is 15.2. The van der Waals surface area contributed by atoms with Crippen molar-refractivity contribution >= 4 is 23.5 Å². The molecule has 1 atom stereocenters. The van der Waals surface area contributed by atoms with Gasteiger partial charge in [0, 0.05) is 0 Å². The molecule has 0 saturated carbocycles. The highest BCUT2D eigenvalue weighted by atomic mass is 16.3. The molecule has 0 spiro atoms. The van der Waals surface area contributed by atoms with Gasteiger partial charge in [0.1, 0.15) is 0 Å². The third-order valence-electron chi connectivity index (χ3n) is 3.14. The predicted molar refractivity (Wildman–Crippen MR) is 96.3 cm³/mol. The van der Waals surface area contributed by atoms with Gasteiger partial charge in [-0.25, -0.2) is 9.59 Å². The quantitative estimate of drug-likeness (QED) is 0.261. The van der Waals surface area contributed by atoms with Crippen LogP contribution in [0.1, 0.15) is 12.5 Å². The molecule has 27 heavy (non-hydrogen) atoms. The van der Waals surface area contributed by atoms with Gasteiger partial charge in [-0.1, -0.05) is 6.07 Å². The van der Waals surface area contributed by atoms with Crippen LogP contribution in [0.15, 0.2) is 28.2 Å². The maximum atomic E-state index is 10.00. The summed E-state index contributed by atoms with van der Waals surface area (Å²) in [6, 6.07) is 4.88. The van der Waals surface area contributed by atoms with E-state index < -0.39 is 37.9 Å². The zero-order chi connectivity index (χ0) is 21.3. The number of aliphatic hydroxyl groups excluding tert-OH is 6. The van der Waals surface area contributed by atoms with Crippen LogP contribution in [0, 0.1) is 12.3 Å². The Morgan fingerprint density at radius 3 is 1.70 bits per heavy atom. The fourth-order valence-corrected chi connectivity index (χ4v) is 1.19. The summed E-state index contributed by atoms with van der Waals surface area (Å²) in [7, 11) is 0. The Balaban J connectivity index is 0. The van der Waals surface area contributed by atoms with Gasteiger partial charge >= 0.3 is 0 Å². The molecule has 0 aliphatic heterocycles. The first-order valence-corrected chi connectivity index (χ1v) is 7.78. The van der Waals surface area contributed by atoms with Gasteiger partial charge in [-0.2, -0.15) is 9.98 Å². The number of aryl methyl sites for hydroxylation is 1. The van der Waals surface area contributed by atoms with Gasteiger partial charge < -0.3 is 30.6 Å². The second kappa shape index (κ2) is 16.0. The summed E-state index contributed by atoms with van der Waals surface area (Å²) < 4.78 is 0. The molecule has 0 fully saturated rings. The van der Waals surface area contributed by atoms with Gasteiger partial charge in [0.2, 0.25) is 12.2 Å². The second-order valence-electron chi connectivity index (χ2n) is 5.54. The molecular formula is C17H26N2O8. The van der Waals surface area contributed by atoms with Gasteiger partial charge in [-0.05, 0) is 31.5 Å². The highest BCUT2D eigenvalue weighted by Crippen LogP contribution is 2.23. The summed E-state index contributed by atoms with van der Waals surface area (Å²) in [6.07, 6.45) is 2.28. The molecule has 0 aromatic heterocycles. The van der Waals surface area contributed by atoms with Gasteiger partial charge in [-0.15, -0.1) is 0 Å². The first-order valence-electron chi connectivity index (χ1n) is 7.78. The van der Waals surface area contributed by atoms with Crippen molar-refractivity contribution in [2.75, 3.05) is 33.0 Å². The van der Waals surface area contributed by atoms with E-state index in [1.807, 2.05) is 0 Å². The Labute approximate surface area is 156 Å². The number of carbonyl (C=O) groups excluding carboxylic acids is 2. The van der Waals surface area contributed by atoms with Gasteiger partial charge in [0.05, 0.1) is 55.9 Å². The van der Waals surface area contributed by atoms with Crippen molar-refractivity contribution in [1.82, 2.24) is 0 Å². The van der Waals surface area contributed by atoms with Crippen molar-refractivity contribution in [3.63, 3.8) is 0 Å². The smallest absolute Gasteiger partial charge is 0.240 e. The lowest BCUT2D eigenvalue weighted by atomic mass is 9.93. The number of aliphatic imine (C=N–C) groups is 2. The molecule has 1 aromatic carbocycles. The Morgan fingerprint density at radius 2 is 1.41 bits per heavy atom. The fraction of sp³-hybridized carbons (Fsp3) is 0.529. The average molecular weight is 386 g/mol. The number of aliphatic hydroxyl groups is 6. The van der Waals surface area contributed by atoms with Crippen LogP contribution in [0.25, 0.3) is 0 Å².